The summed E-state index contributed by atoms with van der Waals surface area (Å²) in [5.74, 6) is 1.52. The highest BCUT2D eigenvalue weighted by atomic mass is 16.6. The minimum atomic E-state index is -0.551. The van der Waals surface area contributed by atoms with Gasteiger partial charge in [0.05, 0.1) is 14.2 Å². The van der Waals surface area contributed by atoms with Crippen LogP contribution in [0.2, 0.25) is 0 Å². The molecule has 0 N–H and O–H groups in total. The van der Waals surface area contributed by atoms with Crippen LogP contribution in [0, 0.1) is 0 Å². The van der Waals surface area contributed by atoms with Crippen LogP contribution in [0.4, 0.5) is 0 Å². The van der Waals surface area contributed by atoms with Crippen molar-refractivity contribution >= 4 is 5.97 Å². The van der Waals surface area contributed by atoms with Gasteiger partial charge < -0.3 is 23.5 Å². The maximum atomic E-state index is 12.7. The van der Waals surface area contributed by atoms with Crippen LogP contribution in [0.5, 0.6) is 17.2 Å². The summed E-state index contributed by atoms with van der Waals surface area (Å²) in [6, 6.07) is 21.9. The number of carbonyl (C=O) groups is 1. The van der Waals surface area contributed by atoms with E-state index in [-0.39, 0.29) is 12.5 Å². The van der Waals surface area contributed by atoms with Gasteiger partial charge in [0.1, 0.15) is 17.9 Å². The number of benzene rings is 3. The van der Waals surface area contributed by atoms with E-state index in [9.17, 15) is 4.79 Å². The molecular formula is C25H22N2O6. The molecule has 8 nitrogen and oxygen atoms in total. The average Bonchev–Trinajstić information content (AvgIpc) is 3.35. The molecule has 0 saturated carbocycles. The zero-order chi connectivity index (χ0) is 23.0. The van der Waals surface area contributed by atoms with E-state index in [0.29, 0.717) is 40.8 Å². The number of carbonyl (C=O) groups excluding carboxylic acids is 1. The van der Waals surface area contributed by atoms with E-state index < -0.39 is 5.97 Å². The second kappa shape index (κ2) is 10.3. The fourth-order valence-electron chi connectivity index (χ4n) is 3.11. The molecule has 0 radical (unpaired) electrons. The summed E-state index contributed by atoms with van der Waals surface area (Å²) in [5, 5.41) is 3.95. The Hall–Kier alpha value is -4.33. The standard InChI is InChI=1S/C25H22N2O6/c1-29-21-13-12-18(14-22(21)30-2)24-26-23(33-27-24)16-32-25(28)19-10-6-7-11-20(19)31-15-17-8-4-3-5-9-17/h3-14H,15-16H2,1-2H3. The maximum Gasteiger partial charge on any atom is 0.342 e. The van der Waals surface area contributed by atoms with E-state index in [0.717, 1.165) is 5.56 Å². The first-order chi connectivity index (χ1) is 16.2. The minimum absolute atomic E-state index is 0.163. The first-order valence-electron chi connectivity index (χ1n) is 10.2. The van der Waals surface area contributed by atoms with E-state index in [2.05, 4.69) is 10.1 Å². The van der Waals surface area contributed by atoms with Crippen molar-refractivity contribution in [2.24, 2.45) is 0 Å². The van der Waals surface area contributed by atoms with Crippen LogP contribution in [0.3, 0.4) is 0 Å². The first-order valence-corrected chi connectivity index (χ1v) is 10.2. The summed E-state index contributed by atoms with van der Waals surface area (Å²) in [7, 11) is 3.10. The number of ether oxygens (including phenoxy) is 4. The molecule has 1 heterocycles. The highest BCUT2D eigenvalue weighted by Crippen LogP contribution is 2.31. The molecule has 0 aliphatic heterocycles. The van der Waals surface area contributed by atoms with Crippen molar-refractivity contribution in [1.29, 1.82) is 0 Å². The van der Waals surface area contributed by atoms with Gasteiger partial charge in [-0.2, -0.15) is 4.98 Å². The molecule has 0 atom stereocenters. The van der Waals surface area contributed by atoms with Crippen molar-refractivity contribution in [2.45, 2.75) is 13.2 Å². The number of methoxy groups -OCH3 is 2. The van der Waals surface area contributed by atoms with E-state index in [1.807, 2.05) is 30.3 Å². The average molecular weight is 446 g/mol. The van der Waals surface area contributed by atoms with Gasteiger partial charge in [-0.05, 0) is 35.9 Å². The lowest BCUT2D eigenvalue weighted by molar-refractivity contribution is 0.0425. The Bertz CT molecular complexity index is 1220. The van der Waals surface area contributed by atoms with Gasteiger partial charge in [-0.1, -0.05) is 47.6 Å². The molecule has 0 fully saturated rings. The quantitative estimate of drug-likeness (QED) is 0.342. The molecule has 168 valence electrons. The molecule has 8 heteroatoms. The number of hydrogen-bond donors (Lipinski definition) is 0. The van der Waals surface area contributed by atoms with Crippen molar-refractivity contribution in [3.8, 4) is 28.6 Å². The van der Waals surface area contributed by atoms with E-state index in [1.54, 1.807) is 56.7 Å². The minimum Gasteiger partial charge on any atom is -0.493 e. The topological polar surface area (TPSA) is 92.9 Å². The Kier molecular flexibility index (Phi) is 6.84. The zero-order valence-corrected chi connectivity index (χ0v) is 18.2. The van der Waals surface area contributed by atoms with Crippen molar-refractivity contribution in [2.75, 3.05) is 14.2 Å². The lowest BCUT2D eigenvalue weighted by Gasteiger charge is -2.10. The Labute approximate surface area is 190 Å². The number of hydrogen-bond acceptors (Lipinski definition) is 8. The van der Waals surface area contributed by atoms with Crippen molar-refractivity contribution in [3.05, 3.63) is 89.8 Å². The molecule has 33 heavy (non-hydrogen) atoms. The Morgan fingerprint density at radius 2 is 1.61 bits per heavy atom. The molecule has 0 unspecified atom stereocenters. The molecular weight excluding hydrogens is 424 g/mol. The summed E-state index contributed by atoms with van der Waals surface area (Å²) in [4.78, 5) is 17.0. The van der Waals surface area contributed by atoms with E-state index in [1.165, 1.54) is 0 Å². The van der Waals surface area contributed by atoms with Crippen LogP contribution in [-0.2, 0) is 18.0 Å². The lowest BCUT2D eigenvalue weighted by Crippen LogP contribution is -2.08. The largest absolute Gasteiger partial charge is 0.493 e. The molecule has 3 aromatic carbocycles. The SMILES string of the molecule is COc1ccc(-c2noc(COC(=O)c3ccccc3OCc3ccccc3)n2)cc1OC. The third-order valence-electron chi connectivity index (χ3n) is 4.78. The Balaban J connectivity index is 1.40. The number of rotatable bonds is 9. The number of nitrogens with zero attached hydrogens (tertiary/aromatic N) is 2. The van der Waals surface area contributed by atoms with Gasteiger partial charge >= 0.3 is 5.97 Å². The van der Waals surface area contributed by atoms with Crippen LogP contribution in [-0.4, -0.2) is 30.3 Å². The summed E-state index contributed by atoms with van der Waals surface area (Å²) in [6.45, 7) is 0.162. The van der Waals surface area contributed by atoms with Crippen molar-refractivity contribution < 1.29 is 28.3 Å². The van der Waals surface area contributed by atoms with Crippen LogP contribution in [0.25, 0.3) is 11.4 Å². The molecule has 0 bridgehead atoms. The zero-order valence-electron chi connectivity index (χ0n) is 18.2. The summed E-state index contributed by atoms with van der Waals surface area (Å²) in [5.41, 5.74) is 1.98. The van der Waals surface area contributed by atoms with Crippen molar-refractivity contribution in [1.82, 2.24) is 10.1 Å². The van der Waals surface area contributed by atoms with Gasteiger partial charge in [0, 0.05) is 5.56 Å². The molecule has 0 saturated heterocycles. The molecule has 0 aliphatic carbocycles. The van der Waals surface area contributed by atoms with Gasteiger partial charge in [0.2, 0.25) is 5.82 Å². The summed E-state index contributed by atoms with van der Waals surface area (Å²) in [6.07, 6.45) is 0. The smallest absolute Gasteiger partial charge is 0.342 e. The predicted molar refractivity (Wildman–Crippen MR) is 119 cm³/mol. The first kappa shape index (κ1) is 21.9. The highest BCUT2D eigenvalue weighted by Gasteiger charge is 2.17. The summed E-state index contributed by atoms with van der Waals surface area (Å²) >= 11 is 0. The normalized spacial score (nSPS) is 10.5. The lowest BCUT2D eigenvalue weighted by atomic mass is 10.2. The fourth-order valence-corrected chi connectivity index (χ4v) is 3.11. The Morgan fingerprint density at radius 3 is 2.39 bits per heavy atom. The summed E-state index contributed by atoms with van der Waals surface area (Å²) < 4.78 is 27.0. The number of esters is 1. The van der Waals surface area contributed by atoms with Crippen LogP contribution >= 0.6 is 0 Å². The second-order valence-corrected chi connectivity index (χ2v) is 6.93. The molecule has 1 aromatic heterocycles. The molecule has 0 spiro atoms. The third kappa shape index (κ3) is 5.30. The van der Waals surface area contributed by atoms with E-state index in [4.69, 9.17) is 23.5 Å². The number of aromatic nitrogens is 2. The van der Waals surface area contributed by atoms with Gasteiger partial charge in [0.15, 0.2) is 18.1 Å². The van der Waals surface area contributed by atoms with Crippen LogP contribution in [0.15, 0.2) is 77.3 Å². The molecule has 4 rings (SSSR count). The highest BCUT2D eigenvalue weighted by molar-refractivity contribution is 5.92. The third-order valence-corrected chi connectivity index (χ3v) is 4.78. The monoisotopic (exact) mass is 446 g/mol. The van der Waals surface area contributed by atoms with Crippen molar-refractivity contribution in [3.63, 3.8) is 0 Å². The molecule has 0 amide bonds. The van der Waals surface area contributed by atoms with E-state index >= 15 is 0 Å². The van der Waals surface area contributed by atoms with Gasteiger partial charge in [-0.25, -0.2) is 4.79 Å². The second-order valence-electron chi connectivity index (χ2n) is 6.93. The molecule has 0 aliphatic rings. The van der Waals surface area contributed by atoms with Crippen LogP contribution < -0.4 is 14.2 Å². The Morgan fingerprint density at radius 1 is 0.848 bits per heavy atom. The predicted octanol–water partition coefficient (Wildman–Crippen LogP) is 4.69. The van der Waals surface area contributed by atoms with Gasteiger partial charge in [-0.15, -0.1) is 0 Å². The molecule has 4 aromatic rings. The van der Waals surface area contributed by atoms with Gasteiger partial charge in [0.25, 0.3) is 5.89 Å². The number of para-hydroxylation sites is 1. The van der Waals surface area contributed by atoms with Crippen LogP contribution in [0.1, 0.15) is 21.8 Å². The fraction of sp³-hybridized carbons (Fsp3) is 0.160. The van der Waals surface area contributed by atoms with Gasteiger partial charge in [-0.3, -0.25) is 0 Å². The maximum absolute atomic E-state index is 12.7.